The number of pyridine rings is 1. The Morgan fingerprint density at radius 3 is 2.79 bits per heavy atom. The second-order valence-corrected chi connectivity index (χ2v) is 11.8. The molecule has 9 nitrogen and oxygen atoms in total. The van der Waals surface area contributed by atoms with Crippen LogP contribution < -0.4 is 10.7 Å². The highest BCUT2D eigenvalue weighted by molar-refractivity contribution is 7.08. The lowest BCUT2D eigenvalue weighted by atomic mass is 9.88. The second kappa shape index (κ2) is 13.0. The summed E-state index contributed by atoms with van der Waals surface area (Å²) in [5.41, 5.74) is 9.77. The minimum absolute atomic E-state index is 0.288. The molecular formula is C33H34N8OS. The predicted octanol–water partition coefficient (Wildman–Crippen LogP) is 5.62. The monoisotopic (exact) mass is 590 g/mol. The van der Waals surface area contributed by atoms with Crippen LogP contribution in [0.5, 0.6) is 0 Å². The molecule has 0 spiro atoms. The van der Waals surface area contributed by atoms with Gasteiger partial charge in [0.25, 0.3) is 0 Å². The van der Waals surface area contributed by atoms with Gasteiger partial charge in [-0.2, -0.15) is 27.0 Å². The maximum absolute atomic E-state index is 13.4. The molecule has 0 radical (unpaired) electrons. The number of aromatic nitrogens is 1. The Kier molecular flexibility index (Phi) is 9.01. The van der Waals surface area contributed by atoms with Gasteiger partial charge in [-0.1, -0.05) is 12.7 Å². The minimum Gasteiger partial charge on any atom is -0.370 e. The number of anilines is 2. The van der Waals surface area contributed by atoms with Gasteiger partial charge < -0.3 is 10.2 Å². The van der Waals surface area contributed by atoms with Crippen LogP contribution in [0, 0.1) is 35.0 Å². The number of amides is 1. The number of carbonyl (C=O) groups excluding carboxylic acids is 1. The molecule has 2 aliphatic heterocycles. The number of likely N-dealkylation sites (tertiary alicyclic amines) is 1. The summed E-state index contributed by atoms with van der Waals surface area (Å²) in [5.74, 6) is -0.288. The van der Waals surface area contributed by atoms with Gasteiger partial charge in [-0.05, 0) is 90.5 Å². The van der Waals surface area contributed by atoms with E-state index in [1.807, 2.05) is 32.0 Å². The van der Waals surface area contributed by atoms with Crippen LogP contribution in [0.4, 0.5) is 11.4 Å². The number of nitrogens with zero attached hydrogens (tertiary/aromatic N) is 6. The van der Waals surface area contributed by atoms with Gasteiger partial charge in [-0.15, -0.1) is 0 Å². The fourth-order valence-electron chi connectivity index (χ4n) is 5.42. The largest absolute Gasteiger partial charge is 0.370 e. The number of hydrogen-bond acceptors (Lipinski definition) is 9. The molecule has 10 heteroatoms. The van der Waals surface area contributed by atoms with E-state index in [-0.39, 0.29) is 5.91 Å². The Bertz CT molecular complexity index is 1660. The Hall–Kier alpha value is -4.77. The number of nitrogens with one attached hydrogen (secondary N) is 2. The normalized spacial score (nSPS) is 18.8. The first kappa shape index (κ1) is 29.7. The lowest BCUT2D eigenvalue weighted by Gasteiger charge is -2.32. The molecule has 1 atom stereocenters. The van der Waals surface area contributed by atoms with Gasteiger partial charge in [0.2, 0.25) is 5.91 Å². The maximum Gasteiger partial charge on any atom is 0.246 e. The second-order valence-electron chi connectivity index (χ2n) is 11.0. The first-order chi connectivity index (χ1) is 20.8. The number of hydrazone groups is 1. The number of rotatable bonds is 9. The molecule has 4 heterocycles. The van der Waals surface area contributed by atoms with E-state index < -0.39 is 5.41 Å². The standard InChI is InChI=1S/C33H34N8OS/c1-23-16-29(4-5-31(23)39-38-25(3)27-6-11-36-30(17-27)18-34)37-32(42)33(21-35)10-14-40(22-33)19-24(2)41-12-7-26(8-13-41)28-9-15-43-20-28/h4-7,9,11,15-17,20,39H,2,8,10,12-14,19,22H2,1,3H3,(H,37,42)/b38-25+. The SMILES string of the molecule is C=C(CN1CCC(C#N)(C(=O)Nc2ccc(N/N=C(\C)c3ccnc(C#N)c3)c(C)c2)C1)N1CC=C(c2ccsc2)CC1. The molecule has 0 bridgehead atoms. The zero-order valence-corrected chi connectivity index (χ0v) is 25.2. The lowest BCUT2D eigenvalue weighted by molar-refractivity contribution is -0.122. The van der Waals surface area contributed by atoms with Crippen LogP contribution >= 0.6 is 11.3 Å². The Labute approximate surface area is 256 Å². The zero-order chi connectivity index (χ0) is 30.4. The van der Waals surface area contributed by atoms with Crippen LogP contribution in [0.1, 0.15) is 42.1 Å². The summed E-state index contributed by atoms with van der Waals surface area (Å²) in [6.45, 7) is 11.5. The highest BCUT2D eigenvalue weighted by Crippen LogP contribution is 2.33. The summed E-state index contributed by atoms with van der Waals surface area (Å²) in [7, 11) is 0. The summed E-state index contributed by atoms with van der Waals surface area (Å²) < 4.78 is 0. The predicted molar refractivity (Wildman–Crippen MR) is 171 cm³/mol. The number of hydrogen-bond donors (Lipinski definition) is 2. The van der Waals surface area contributed by atoms with Crippen molar-refractivity contribution in [2.24, 2.45) is 10.5 Å². The molecule has 1 fully saturated rings. The number of carbonyl (C=O) groups is 1. The van der Waals surface area contributed by atoms with E-state index in [1.165, 1.54) is 11.1 Å². The molecule has 1 saturated heterocycles. The molecule has 1 amide bonds. The molecule has 0 saturated carbocycles. The van der Waals surface area contributed by atoms with Crippen LogP contribution in [0.25, 0.3) is 5.57 Å². The minimum atomic E-state index is -1.12. The van der Waals surface area contributed by atoms with Crippen molar-refractivity contribution in [1.82, 2.24) is 14.8 Å². The third kappa shape index (κ3) is 6.83. The van der Waals surface area contributed by atoms with Crippen LogP contribution in [-0.4, -0.2) is 59.1 Å². The highest BCUT2D eigenvalue weighted by atomic mass is 32.1. The summed E-state index contributed by atoms with van der Waals surface area (Å²) in [6, 6.07) is 15.5. The third-order valence-electron chi connectivity index (χ3n) is 8.07. The molecular weight excluding hydrogens is 556 g/mol. The van der Waals surface area contributed by atoms with Crippen molar-refractivity contribution in [3.8, 4) is 12.1 Å². The van der Waals surface area contributed by atoms with Crippen molar-refractivity contribution in [1.29, 1.82) is 10.5 Å². The van der Waals surface area contributed by atoms with Crippen molar-refractivity contribution in [2.75, 3.05) is 43.5 Å². The van der Waals surface area contributed by atoms with E-state index in [0.717, 1.165) is 42.0 Å². The van der Waals surface area contributed by atoms with Crippen LogP contribution in [0.15, 0.2) is 76.8 Å². The van der Waals surface area contributed by atoms with Crippen molar-refractivity contribution in [3.05, 3.63) is 94.1 Å². The molecule has 218 valence electrons. The summed E-state index contributed by atoms with van der Waals surface area (Å²) in [4.78, 5) is 21.8. The average molecular weight is 591 g/mol. The van der Waals surface area contributed by atoms with Gasteiger partial charge in [-0.3, -0.25) is 15.1 Å². The molecule has 1 unspecified atom stereocenters. The van der Waals surface area contributed by atoms with Gasteiger partial charge in [0.15, 0.2) is 0 Å². The number of aryl methyl sites for hydroxylation is 1. The van der Waals surface area contributed by atoms with Gasteiger partial charge in [0, 0.05) is 55.9 Å². The molecule has 3 aromatic rings. The van der Waals surface area contributed by atoms with Gasteiger partial charge >= 0.3 is 0 Å². The van der Waals surface area contributed by atoms with E-state index in [9.17, 15) is 10.1 Å². The fraction of sp³-hybridized carbons (Fsp3) is 0.303. The van der Waals surface area contributed by atoms with Crippen molar-refractivity contribution in [2.45, 2.75) is 26.7 Å². The number of benzene rings is 1. The molecule has 1 aromatic carbocycles. The number of nitriles is 2. The zero-order valence-electron chi connectivity index (χ0n) is 24.4. The molecule has 2 aromatic heterocycles. The summed E-state index contributed by atoms with van der Waals surface area (Å²) in [5, 5.41) is 30.9. The number of thiophene rings is 1. The van der Waals surface area contributed by atoms with E-state index in [0.29, 0.717) is 43.1 Å². The van der Waals surface area contributed by atoms with Crippen molar-refractivity contribution >= 4 is 39.9 Å². The van der Waals surface area contributed by atoms with E-state index in [4.69, 9.17) is 5.26 Å². The molecule has 43 heavy (non-hydrogen) atoms. The lowest BCUT2D eigenvalue weighted by Crippen LogP contribution is -2.39. The van der Waals surface area contributed by atoms with Gasteiger partial charge in [0.05, 0.1) is 17.5 Å². The van der Waals surface area contributed by atoms with Crippen LogP contribution in [0.3, 0.4) is 0 Å². The van der Waals surface area contributed by atoms with E-state index in [1.54, 1.807) is 35.7 Å². The average Bonchev–Trinajstić information content (AvgIpc) is 3.72. The molecule has 2 N–H and O–H groups in total. The van der Waals surface area contributed by atoms with E-state index in [2.05, 4.69) is 66.2 Å². The fourth-order valence-corrected chi connectivity index (χ4v) is 6.10. The molecule has 2 aliphatic rings. The summed E-state index contributed by atoms with van der Waals surface area (Å²) in [6.07, 6.45) is 5.31. The third-order valence-corrected chi connectivity index (χ3v) is 8.76. The molecule has 5 rings (SSSR count). The van der Waals surface area contributed by atoms with Gasteiger partial charge in [-0.25, -0.2) is 4.98 Å². The van der Waals surface area contributed by atoms with Crippen LogP contribution in [-0.2, 0) is 4.79 Å². The topological polar surface area (TPSA) is 120 Å². The Morgan fingerprint density at radius 2 is 2.09 bits per heavy atom. The van der Waals surface area contributed by atoms with Gasteiger partial charge in [0.1, 0.15) is 17.2 Å². The van der Waals surface area contributed by atoms with Crippen LogP contribution in [0.2, 0.25) is 0 Å². The smallest absolute Gasteiger partial charge is 0.246 e. The Balaban J connectivity index is 1.16. The highest BCUT2D eigenvalue weighted by Gasteiger charge is 2.45. The summed E-state index contributed by atoms with van der Waals surface area (Å²) >= 11 is 1.72. The first-order valence-electron chi connectivity index (χ1n) is 14.2. The maximum atomic E-state index is 13.4. The Morgan fingerprint density at radius 1 is 1.23 bits per heavy atom. The van der Waals surface area contributed by atoms with Crippen molar-refractivity contribution < 1.29 is 4.79 Å². The van der Waals surface area contributed by atoms with Crippen molar-refractivity contribution in [3.63, 3.8) is 0 Å². The molecule has 0 aliphatic carbocycles. The quantitative estimate of drug-likeness (QED) is 0.245. The van der Waals surface area contributed by atoms with E-state index >= 15 is 0 Å². The first-order valence-corrected chi connectivity index (χ1v) is 15.1.